The zero-order valence-corrected chi connectivity index (χ0v) is 12.7. The molecule has 0 aliphatic carbocycles. The average Bonchev–Trinajstić information content (AvgIpc) is 2.52. The molecule has 0 atom stereocenters. The van der Waals surface area contributed by atoms with Gasteiger partial charge in [-0.25, -0.2) is 13.6 Å². The Kier molecular flexibility index (Phi) is 4.98. The van der Waals surface area contributed by atoms with Crippen molar-refractivity contribution >= 4 is 17.6 Å². The van der Waals surface area contributed by atoms with Crippen LogP contribution in [-0.4, -0.2) is 20.2 Å². The van der Waals surface area contributed by atoms with Crippen LogP contribution in [0, 0.1) is 11.6 Å². The molecule has 0 N–H and O–H groups in total. The maximum Gasteiger partial charge on any atom is 0.340 e. The van der Waals surface area contributed by atoms with Gasteiger partial charge in [0.25, 0.3) is 0 Å². The Labute approximate surface area is 131 Å². The standard InChI is InChI=1S/C16H13ClF2O3/c1-21-14-8-13(18)11(16(20)22-2)7-10(14)6-9-4-3-5-12(17)15(9)19/h3-5,7-8H,6H2,1-2H3. The molecule has 0 bridgehead atoms. The Hall–Kier alpha value is -2.14. The van der Waals surface area contributed by atoms with Gasteiger partial charge in [-0.15, -0.1) is 0 Å². The quantitative estimate of drug-likeness (QED) is 0.797. The maximum absolute atomic E-state index is 14.0. The molecular weight excluding hydrogens is 314 g/mol. The van der Waals surface area contributed by atoms with Crippen LogP contribution in [0.2, 0.25) is 5.02 Å². The van der Waals surface area contributed by atoms with Crippen LogP contribution in [0.15, 0.2) is 30.3 Å². The van der Waals surface area contributed by atoms with Gasteiger partial charge in [0.2, 0.25) is 0 Å². The predicted molar refractivity (Wildman–Crippen MR) is 78.5 cm³/mol. The second-order valence-corrected chi connectivity index (χ2v) is 4.93. The lowest BCUT2D eigenvalue weighted by atomic mass is 10.0. The summed E-state index contributed by atoms with van der Waals surface area (Å²) in [5.74, 6) is -1.92. The Morgan fingerprint density at radius 2 is 1.91 bits per heavy atom. The van der Waals surface area contributed by atoms with Crippen LogP contribution in [0.1, 0.15) is 21.5 Å². The molecule has 0 radical (unpaired) electrons. The fourth-order valence-electron chi connectivity index (χ4n) is 2.08. The third-order valence-electron chi connectivity index (χ3n) is 3.19. The van der Waals surface area contributed by atoms with E-state index in [1.165, 1.54) is 19.2 Å². The molecule has 6 heteroatoms. The maximum atomic E-state index is 14.0. The molecule has 22 heavy (non-hydrogen) atoms. The Bertz CT molecular complexity index is 717. The van der Waals surface area contributed by atoms with Crippen molar-refractivity contribution in [3.63, 3.8) is 0 Å². The monoisotopic (exact) mass is 326 g/mol. The van der Waals surface area contributed by atoms with Gasteiger partial charge < -0.3 is 9.47 Å². The number of ether oxygens (including phenoxy) is 2. The zero-order valence-electron chi connectivity index (χ0n) is 12.0. The van der Waals surface area contributed by atoms with Gasteiger partial charge in [-0.1, -0.05) is 23.7 Å². The molecule has 0 heterocycles. The summed E-state index contributed by atoms with van der Waals surface area (Å²) in [5, 5.41) is -0.00762. The van der Waals surface area contributed by atoms with Crippen LogP contribution in [-0.2, 0) is 11.2 Å². The minimum atomic E-state index is -0.812. The van der Waals surface area contributed by atoms with Crippen LogP contribution < -0.4 is 4.74 Å². The smallest absolute Gasteiger partial charge is 0.340 e. The van der Waals surface area contributed by atoms with Gasteiger partial charge in [0, 0.05) is 12.5 Å². The van der Waals surface area contributed by atoms with Crippen LogP contribution >= 0.6 is 11.6 Å². The van der Waals surface area contributed by atoms with Crippen LogP contribution in [0.4, 0.5) is 8.78 Å². The highest BCUT2D eigenvalue weighted by molar-refractivity contribution is 6.30. The number of carbonyl (C=O) groups is 1. The summed E-state index contributed by atoms with van der Waals surface area (Å²) in [4.78, 5) is 11.6. The topological polar surface area (TPSA) is 35.5 Å². The number of rotatable bonds is 4. The Morgan fingerprint density at radius 3 is 2.55 bits per heavy atom. The van der Waals surface area contributed by atoms with E-state index < -0.39 is 17.6 Å². The number of hydrogen-bond donors (Lipinski definition) is 0. The first-order chi connectivity index (χ1) is 10.5. The first kappa shape index (κ1) is 16.2. The SMILES string of the molecule is COC(=O)c1cc(Cc2cccc(Cl)c2F)c(OC)cc1F. The van der Waals surface area contributed by atoms with Gasteiger partial charge in [0.1, 0.15) is 17.4 Å². The molecule has 0 fully saturated rings. The van der Waals surface area contributed by atoms with Crippen molar-refractivity contribution in [3.8, 4) is 5.75 Å². The van der Waals surface area contributed by atoms with Gasteiger partial charge in [-0.05, 0) is 23.3 Å². The highest BCUT2D eigenvalue weighted by Gasteiger charge is 2.18. The molecule has 0 spiro atoms. The summed E-state index contributed by atoms with van der Waals surface area (Å²) in [6.45, 7) is 0. The largest absolute Gasteiger partial charge is 0.496 e. The first-order valence-electron chi connectivity index (χ1n) is 6.35. The molecular formula is C16H13ClF2O3. The van der Waals surface area contributed by atoms with Gasteiger partial charge >= 0.3 is 5.97 Å². The molecule has 0 saturated carbocycles. The third-order valence-corrected chi connectivity index (χ3v) is 3.48. The molecule has 3 nitrogen and oxygen atoms in total. The van der Waals surface area contributed by atoms with E-state index >= 15 is 0 Å². The molecule has 0 saturated heterocycles. The molecule has 0 amide bonds. The van der Waals surface area contributed by atoms with Crippen molar-refractivity contribution in [3.05, 3.63) is 63.7 Å². The molecule has 0 aromatic heterocycles. The van der Waals surface area contributed by atoms with Gasteiger partial charge in [0.15, 0.2) is 0 Å². The van der Waals surface area contributed by atoms with E-state index in [9.17, 15) is 13.6 Å². The molecule has 2 aromatic carbocycles. The summed E-state index contributed by atoms with van der Waals surface area (Å²) in [6, 6.07) is 6.96. The van der Waals surface area contributed by atoms with E-state index in [1.54, 1.807) is 12.1 Å². The van der Waals surface area contributed by atoms with E-state index in [4.69, 9.17) is 16.3 Å². The second-order valence-electron chi connectivity index (χ2n) is 4.53. The summed E-state index contributed by atoms with van der Waals surface area (Å²) >= 11 is 5.74. The van der Waals surface area contributed by atoms with Crippen molar-refractivity contribution < 1.29 is 23.0 Å². The summed E-state index contributed by atoms with van der Waals surface area (Å²) in [7, 11) is 2.52. The number of esters is 1. The number of benzene rings is 2. The van der Waals surface area contributed by atoms with E-state index in [0.29, 0.717) is 11.1 Å². The number of carbonyl (C=O) groups excluding carboxylic acids is 1. The zero-order chi connectivity index (χ0) is 16.3. The van der Waals surface area contributed by atoms with Crippen molar-refractivity contribution in [2.75, 3.05) is 14.2 Å². The normalized spacial score (nSPS) is 10.4. The van der Waals surface area contributed by atoms with Crippen LogP contribution in [0.5, 0.6) is 5.75 Å². The van der Waals surface area contributed by atoms with E-state index in [0.717, 1.165) is 13.2 Å². The van der Waals surface area contributed by atoms with Crippen molar-refractivity contribution in [1.29, 1.82) is 0 Å². The second kappa shape index (κ2) is 6.75. The Balaban J connectivity index is 2.49. The van der Waals surface area contributed by atoms with Gasteiger partial charge in [-0.2, -0.15) is 0 Å². The fraction of sp³-hybridized carbons (Fsp3) is 0.188. The highest BCUT2D eigenvalue weighted by Crippen LogP contribution is 2.28. The molecule has 116 valence electrons. The van der Waals surface area contributed by atoms with Gasteiger partial charge in [0.05, 0.1) is 24.8 Å². The number of hydrogen-bond acceptors (Lipinski definition) is 3. The third kappa shape index (κ3) is 3.20. The van der Waals surface area contributed by atoms with Crippen LogP contribution in [0.3, 0.4) is 0 Å². The number of methoxy groups -OCH3 is 2. The predicted octanol–water partition coefficient (Wildman–Crippen LogP) is 4.00. The van der Waals surface area contributed by atoms with Crippen molar-refractivity contribution in [1.82, 2.24) is 0 Å². The van der Waals surface area contributed by atoms with E-state index in [2.05, 4.69) is 4.74 Å². The summed E-state index contributed by atoms with van der Waals surface area (Å²) < 4.78 is 37.5. The molecule has 0 aliphatic rings. The summed E-state index contributed by atoms with van der Waals surface area (Å²) in [5.41, 5.74) is 0.527. The average molecular weight is 327 g/mol. The molecule has 2 aromatic rings. The lowest BCUT2D eigenvalue weighted by molar-refractivity contribution is 0.0595. The first-order valence-corrected chi connectivity index (χ1v) is 6.73. The molecule has 2 rings (SSSR count). The van der Waals surface area contributed by atoms with Crippen LogP contribution in [0.25, 0.3) is 0 Å². The van der Waals surface area contributed by atoms with E-state index in [1.807, 2.05) is 0 Å². The minimum absolute atomic E-state index is 0.00762. The van der Waals surface area contributed by atoms with E-state index in [-0.39, 0.29) is 22.8 Å². The van der Waals surface area contributed by atoms with Crippen molar-refractivity contribution in [2.24, 2.45) is 0 Å². The molecule has 0 aliphatic heterocycles. The van der Waals surface area contributed by atoms with Crippen molar-refractivity contribution in [2.45, 2.75) is 6.42 Å². The number of halogens is 3. The fourth-order valence-corrected chi connectivity index (χ4v) is 2.28. The lowest BCUT2D eigenvalue weighted by Crippen LogP contribution is -2.07. The molecule has 0 unspecified atom stereocenters. The minimum Gasteiger partial charge on any atom is -0.496 e. The Morgan fingerprint density at radius 1 is 1.18 bits per heavy atom. The summed E-state index contributed by atoms with van der Waals surface area (Å²) in [6.07, 6.45) is 0.0971. The highest BCUT2D eigenvalue weighted by atomic mass is 35.5. The van der Waals surface area contributed by atoms with Gasteiger partial charge in [-0.3, -0.25) is 0 Å². The lowest BCUT2D eigenvalue weighted by Gasteiger charge is -2.12.